The molecule has 6 aromatic rings. The fourth-order valence-corrected chi connectivity index (χ4v) is 8.79. The molecule has 1 aliphatic carbocycles. The molecule has 0 fully saturated rings. The minimum atomic E-state index is -1.33. The third-order valence-corrected chi connectivity index (χ3v) is 13.2. The predicted molar refractivity (Wildman–Crippen MR) is 261 cm³/mol. The van der Waals surface area contributed by atoms with Crippen LogP contribution in [-0.2, 0) is 17.2 Å². The molecule has 7 rings (SSSR count). The first kappa shape index (κ1) is 43.3. The van der Waals surface area contributed by atoms with Crippen LogP contribution in [0.25, 0.3) is 35.4 Å². The van der Waals surface area contributed by atoms with Crippen molar-refractivity contribution in [2.45, 2.75) is 71.6 Å². The van der Waals surface area contributed by atoms with Gasteiger partial charge in [0.1, 0.15) is 11.5 Å². The molecule has 5 nitrogen and oxygen atoms in total. The maximum Gasteiger partial charge on any atom is 0.540 e. The molecule has 6 aromatic carbocycles. The minimum absolute atomic E-state index is 0.0105. The van der Waals surface area contributed by atoms with Gasteiger partial charge in [0.2, 0.25) is 18.6 Å². The molecule has 1 unspecified atom stereocenters. The average Bonchev–Trinajstić information content (AvgIpc) is 3.55. The van der Waals surface area contributed by atoms with Crippen LogP contribution in [0.5, 0.6) is 17.2 Å². The van der Waals surface area contributed by atoms with E-state index in [0.717, 1.165) is 35.5 Å². The number of fused-ring (bicyclic) bond motifs is 3. The Balaban J connectivity index is 0.966. The number of ether oxygens (including phenoxy) is 2. The van der Waals surface area contributed by atoms with Crippen molar-refractivity contribution in [1.82, 2.24) is 4.78 Å². The molecule has 0 saturated heterocycles. The Kier molecular flexibility index (Phi) is 14.6. The van der Waals surface area contributed by atoms with E-state index in [1.807, 2.05) is 74.6 Å². The average molecular weight is 844 g/mol. The monoisotopic (exact) mass is 843 g/mol. The van der Waals surface area contributed by atoms with E-state index < -0.39 is 7.07 Å². The van der Waals surface area contributed by atoms with Crippen LogP contribution in [0.2, 0.25) is 0 Å². The van der Waals surface area contributed by atoms with Crippen molar-refractivity contribution >= 4 is 49.4 Å². The Hall–Kier alpha value is -5.81. The first-order valence-corrected chi connectivity index (χ1v) is 23.6. The molecule has 0 radical (unpaired) electrons. The molecule has 61 heavy (non-hydrogen) atoms. The van der Waals surface area contributed by atoms with Gasteiger partial charge in [-0.1, -0.05) is 165 Å². The summed E-state index contributed by atoms with van der Waals surface area (Å²) in [7, 11) is 0.495. The highest BCUT2D eigenvalue weighted by Crippen LogP contribution is 2.54. The van der Waals surface area contributed by atoms with Crippen LogP contribution in [0, 0.1) is 13.8 Å². The van der Waals surface area contributed by atoms with Gasteiger partial charge in [-0.2, -0.15) is 0 Å². The van der Waals surface area contributed by atoms with Crippen molar-refractivity contribution in [3.63, 3.8) is 0 Å². The minimum Gasteiger partial charge on any atom is -0.458 e. The van der Waals surface area contributed by atoms with E-state index in [0.29, 0.717) is 5.75 Å². The molecule has 0 saturated carbocycles. The maximum absolute atomic E-state index is 5.93. The lowest BCUT2D eigenvalue weighted by Gasteiger charge is -2.33. The second-order valence-electron chi connectivity index (χ2n) is 15.9. The Morgan fingerprint density at radius 3 is 1.46 bits per heavy atom. The number of benzene rings is 6. The normalized spacial score (nSPS) is 13.1. The summed E-state index contributed by atoms with van der Waals surface area (Å²) in [6.07, 6.45) is 17.8. The van der Waals surface area contributed by atoms with Gasteiger partial charge in [0, 0.05) is 5.41 Å². The quantitative estimate of drug-likeness (QED) is 0.0267. The van der Waals surface area contributed by atoms with Crippen molar-refractivity contribution in [2.24, 2.45) is 5.10 Å². The van der Waals surface area contributed by atoms with Crippen LogP contribution in [0.15, 0.2) is 139 Å². The number of rotatable bonds is 19. The third kappa shape index (κ3) is 11.1. The Morgan fingerprint density at radius 1 is 0.557 bits per heavy atom. The molecule has 0 N–H and O–H groups in total. The number of hydrogen-bond donors (Lipinski definition) is 0. The summed E-state index contributed by atoms with van der Waals surface area (Å²) in [5.41, 5.74) is 14.0. The zero-order chi connectivity index (χ0) is 42.6. The van der Waals surface area contributed by atoms with E-state index in [1.165, 1.54) is 75.8 Å². The van der Waals surface area contributed by atoms with Gasteiger partial charge in [-0.25, -0.2) is 0 Å². The van der Waals surface area contributed by atoms with Gasteiger partial charge in [-0.05, 0) is 125 Å². The largest absolute Gasteiger partial charge is 0.540 e. The molecule has 0 aromatic heterocycles. The van der Waals surface area contributed by atoms with Crippen LogP contribution in [0.4, 0.5) is 0 Å². The van der Waals surface area contributed by atoms with Crippen molar-refractivity contribution < 1.29 is 14.0 Å². The van der Waals surface area contributed by atoms with Gasteiger partial charge in [0.15, 0.2) is 5.75 Å². The van der Waals surface area contributed by atoms with Crippen molar-refractivity contribution in [3.8, 4) is 28.4 Å². The molecule has 0 heterocycles. The summed E-state index contributed by atoms with van der Waals surface area (Å²) >= 11 is 5.53. The van der Waals surface area contributed by atoms with Gasteiger partial charge in [0.25, 0.3) is 0 Å². The molecule has 310 valence electrons. The van der Waals surface area contributed by atoms with E-state index in [2.05, 4.69) is 123 Å². The fourth-order valence-electron chi connectivity index (χ4n) is 7.85. The zero-order valence-electron chi connectivity index (χ0n) is 36.0. The van der Waals surface area contributed by atoms with Crippen LogP contribution in [0.1, 0.15) is 102 Å². The van der Waals surface area contributed by atoms with Crippen molar-refractivity contribution in [3.05, 3.63) is 184 Å². The molecule has 1 atom stereocenters. The molecule has 1 aliphatic rings. The Labute approximate surface area is 369 Å². The summed E-state index contributed by atoms with van der Waals surface area (Å²) in [6, 6.07) is 46.6. The number of nitrogens with zero attached hydrogens (tertiary/aromatic N) is 2. The summed E-state index contributed by atoms with van der Waals surface area (Å²) in [5, 5.41) is 4.48. The molecule has 0 bridgehead atoms. The smallest absolute Gasteiger partial charge is 0.458 e. The SMILES string of the molecule is CCCCC1(CCCC)c2cc(/C=C/c3ccc(C)cc3)ccc2-c2ccc(/C=C/c3ccc(OCOc4ccc(/C=N/N(C)[P+](=S)Oc5ccc(C)cc5)cc4)cc3)cc21. The van der Waals surface area contributed by atoms with Crippen molar-refractivity contribution in [1.29, 1.82) is 0 Å². The maximum atomic E-state index is 5.93. The van der Waals surface area contributed by atoms with Crippen LogP contribution in [-0.4, -0.2) is 24.8 Å². The molecule has 7 heteroatoms. The second kappa shape index (κ2) is 20.6. The molecule has 0 amide bonds. The molecule has 0 aliphatic heterocycles. The summed E-state index contributed by atoms with van der Waals surface area (Å²) in [6.45, 7) is 8.90. The highest BCUT2D eigenvalue weighted by atomic mass is 32.4. The lowest BCUT2D eigenvalue weighted by molar-refractivity contribution is 0.120. The lowest BCUT2D eigenvalue weighted by atomic mass is 9.70. The predicted octanol–water partition coefficient (Wildman–Crippen LogP) is 14.8. The number of hydrogen-bond acceptors (Lipinski definition) is 5. The van der Waals surface area contributed by atoms with Gasteiger partial charge >= 0.3 is 7.07 Å². The molecule has 0 spiro atoms. The highest BCUT2D eigenvalue weighted by Gasteiger charge is 2.42. The van der Waals surface area contributed by atoms with Crippen LogP contribution >= 0.6 is 7.07 Å². The second-order valence-corrected chi connectivity index (χ2v) is 18.1. The standard InChI is InChI=1S/C54H56N2O3PS/c1-6-8-34-54(35-9-7-2)52-36-44(18-16-42-14-10-40(3)11-15-42)24-32-50(52)51-33-25-45(37-53(51)54)19-17-43-20-28-47(29-21-43)57-39-58-48-30-22-46(23-31-48)38-55-56(5)60(61)59-49-26-12-41(4)13-27-49/h10-33,36-38H,6-9,34-35,39H2,1-5H3/q+1/b18-16+,19-17+,55-38+. The van der Waals surface area contributed by atoms with Gasteiger partial charge in [-0.3, -0.25) is 4.52 Å². The zero-order valence-corrected chi connectivity index (χ0v) is 37.7. The number of hydrazone groups is 1. The molecular weight excluding hydrogens is 788 g/mol. The lowest BCUT2D eigenvalue weighted by Crippen LogP contribution is -2.25. The van der Waals surface area contributed by atoms with E-state index in [4.69, 9.17) is 25.8 Å². The van der Waals surface area contributed by atoms with Gasteiger partial charge in [-0.15, -0.1) is 5.10 Å². The number of aryl methyl sites for hydroxylation is 2. The summed E-state index contributed by atoms with van der Waals surface area (Å²) in [4.78, 5) is 0. The van der Waals surface area contributed by atoms with Crippen molar-refractivity contribution in [2.75, 3.05) is 13.8 Å². The van der Waals surface area contributed by atoms with E-state index >= 15 is 0 Å². The van der Waals surface area contributed by atoms with E-state index in [9.17, 15) is 0 Å². The fraction of sp³-hybridized carbons (Fsp3) is 0.241. The van der Waals surface area contributed by atoms with E-state index in [1.54, 1.807) is 11.0 Å². The molecular formula is C54H56N2O3PS+. The summed E-state index contributed by atoms with van der Waals surface area (Å²) in [5.74, 6) is 2.20. The van der Waals surface area contributed by atoms with E-state index in [-0.39, 0.29) is 12.2 Å². The van der Waals surface area contributed by atoms with Crippen LogP contribution in [0.3, 0.4) is 0 Å². The van der Waals surface area contributed by atoms with Gasteiger partial charge < -0.3 is 9.47 Å². The third-order valence-electron chi connectivity index (χ3n) is 11.4. The topological polar surface area (TPSA) is 43.3 Å². The number of unbranched alkanes of at least 4 members (excludes halogenated alkanes) is 2. The Bertz CT molecular complexity index is 2480. The Morgan fingerprint density at radius 2 is 0.967 bits per heavy atom. The van der Waals surface area contributed by atoms with Gasteiger partial charge in [0.05, 0.1) is 13.3 Å². The van der Waals surface area contributed by atoms with Crippen LogP contribution < -0.4 is 14.0 Å². The first-order chi connectivity index (χ1) is 29.7. The first-order valence-electron chi connectivity index (χ1n) is 21.4. The summed E-state index contributed by atoms with van der Waals surface area (Å²) < 4.78 is 19.4. The highest BCUT2D eigenvalue weighted by molar-refractivity contribution is 8.02.